The molecule has 2 aromatic carbocycles. The molecule has 3 heterocycles. The number of benzene rings is 2. The van der Waals surface area contributed by atoms with Gasteiger partial charge in [0, 0.05) is 46.3 Å². The summed E-state index contributed by atoms with van der Waals surface area (Å²) in [5.41, 5.74) is 0.694. The number of carbonyl (C=O) groups excluding carboxylic acids is 4. The van der Waals surface area contributed by atoms with Crippen LogP contribution in [0.5, 0.6) is 0 Å². The van der Waals surface area contributed by atoms with Gasteiger partial charge < -0.3 is 0 Å². The molecular weight excluding hydrogens is 550 g/mol. The largest absolute Gasteiger partial charge is 0.289 e. The first-order valence-corrected chi connectivity index (χ1v) is 12.8. The van der Waals surface area contributed by atoms with Gasteiger partial charge in [-0.25, -0.2) is 9.80 Å². The predicted molar refractivity (Wildman–Crippen MR) is 138 cm³/mol. The molecule has 0 unspecified atom stereocenters. The molecule has 36 heavy (non-hydrogen) atoms. The molecule has 3 aliphatic rings. The highest BCUT2D eigenvalue weighted by atomic mass is 35.5. The fourth-order valence-electron chi connectivity index (χ4n) is 5.04. The zero-order chi connectivity index (χ0) is 25.7. The van der Waals surface area contributed by atoms with Crippen molar-refractivity contribution in [3.05, 3.63) is 56.5 Å². The van der Waals surface area contributed by atoms with Crippen molar-refractivity contribution in [2.75, 3.05) is 36.0 Å². The average molecular weight is 570 g/mol. The summed E-state index contributed by atoms with van der Waals surface area (Å²) >= 11 is 24.2. The van der Waals surface area contributed by atoms with Crippen LogP contribution in [-0.2, 0) is 19.2 Å². The van der Waals surface area contributed by atoms with Gasteiger partial charge in [0.25, 0.3) is 11.8 Å². The number of halogens is 4. The van der Waals surface area contributed by atoms with Crippen molar-refractivity contribution >= 4 is 81.4 Å². The summed E-state index contributed by atoms with van der Waals surface area (Å²) in [6.07, 6.45) is 0.0974. The normalized spacial score (nSPS) is 23.9. The van der Waals surface area contributed by atoms with Crippen LogP contribution in [0.4, 0.5) is 11.4 Å². The lowest BCUT2D eigenvalue weighted by Crippen LogP contribution is -2.56. The van der Waals surface area contributed by atoms with Crippen LogP contribution in [0, 0.1) is 0 Å². The van der Waals surface area contributed by atoms with Crippen LogP contribution in [-0.4, -0.2) is 71.7 Å². The Morgan fingerprint density at radius 1 is 0.528 bits per heavy atom. The molecule has 0 aliphatic carbocycles. The number of amides is 4. The molecular formula is C24H20Cl4N4O4. The fourth-order valence-corrected chi connectivity index (χ4v) is 6.07. The minimum absolute atomic E-state index is 0.0487. The SMILES string of the molecule is O=C1C[C@@H](N2CCN([C@H]3CC(=O)N(c4cc(Cl)cc(Cl)c4)C3=O)CC2)C(=O)N1c1cc(Cl)cc(Cl)c1. The Kier molecular flexibility index (Phi) is 7.02. The standard InChI is InChI=1S/C24H20Cl4N4O4/c25-13-5-14(26)8-17(7-13)31-21(33)11-19(23(31)35)29-1-2-30(4-3-29)20-12-22(34)32(24(20)36)18-9-15(27)6-16(28)10-18/h5-10,19-20H,1-4,11-12H2/t19-,20+. The van der Waals surface area contributed by atoms with E-state index in [4.69, 9.17) is 46.4 Å². The van der Waals surface area contributed by atoms with Gasteiger partial charge in [-0.3, -0.25) is 29.0 Å². The maximum Gasteiger partial charge on any atom is 0.251 e. The van der Waals surface area contributed by atoms with Gasteiger partial charge in [-0.2, -0.15) is 0 Å². The zero-order valence-electron chi connectivity index (χ0n) is 18.8. The number of piperazine rings is 1. The first-order valence-electron chi connectivity index (χ1n) is 11.3. The van der Waals surface area contributed by atoms with Gasteiger partial charge in [0.2, 0.25) is 11.8 Å². The summed E-state index contributed by atoms with van der Waals surface area (Å²) < 4.78 is 0. The molecule has 0 saturated carbocycles. The fraction of sp³-hybridized carbons (Fsp3) is 0.333. The molecule has 4 amide bonds. The highest BCUT2D eigenvalue weighted by Crippen LogP contribution is 2.33. The number of hydrogen-bond acceptors (Lipinski definition) is 6. The monoisotopic (exact) mass is 568 g/mol. The second-order valence-corrected chi connectivity index (χ2v) is 10.6. The Hall–Kier alpha value is -2.20. The predicted octanol–water partition coefficient (Wildman–Crippen LogP) is 3.88. The van der Waals surface area contributed by atoms with Crippen LogP contribution < -0.4 is 9.80 Å². The molecule has 0 spiro atoms. The van der Waals surface area contributed by atoms with Gasteiger partial charge >= 0.3 is 0 Å². The molecule has 0 bridgehead atoms. The Bertz CT molecular complexity index is 1140. The summed E-state index contributed by atoms with van der Waals surface area (Å²) in [7, 11) is 0. The van der Waals surface area contributed by atoms with Gasteiger partial charge in [-0.05, 0) is 36.4 Å². The van der Waals surface area contributed by atoms with E-state index in [2.05, 4.69) is 0 Å². The van der Waals surface area contributed by atoms with E-state index >= 15 is 0 Å². The van der Waals surface area contributed by atoms with Crippen molar-refractivity contribution in [3.63, 3.8) is 0 Å². The van der Waals surface area contributed by atoms with Gasteiger partial charge in [0.15, 0.2) is 0 Å². The van der Waals surface area contributed by atoms with Gasteiger partial charge in [0.05, 0.1) is 36.3 Å². The first-order chi connectivity index (χ1) is 17.1. The summed E-state index contributed by atoms with van der Waals surface area (Å²) in [5.74, 6) is -1.30. The molecule has 3 fully saturated rings. The number of carbonyl (C=O) groups is 4. The summed E-state index contributed by atoms with van der Waals surface area (Å²) in [6.45, 7) is 1.87. The van der Waals surface area contributed by atoms with Crippen LogP contribution in [0.2, 0.25) is 20.1 Å². The third-order valence-electron chi connectivity index (χ3n) is 6.69. The maximum atomic E-state index is 13.2. The third-order valence-corrected chi connectivity index (χ3v) is 7.56. The lowest BCUT2D eigenvalue weighted by molar-refractivity contribution is -0.126. The topological polar surface area (TPSA) is 81.2 Å². The van der Waals surface area contributed by atoms with E-state index in [1.807, 2.05) is 9.80 Å². The van der Waals surface area contributed by atoms with E-state index in [1.165, 1.54) is 36.4 Å². The van der Waals surface area contributed by atoms with Crippen molar-refractivity contribution in [1.82, 2.24) is 9.80 Å². The maximum absolute atomic E-state index is 13.2. The summed E-state index contributed by atoms with van der Waals surface area (Å²) in [5, 5.41) is 1.33. The minimum Gasteiger partial charge on any atom is -0.289 e. The third kappa shape index (κ3) is 4.74. The Balaban J connectivity index is 1.25. The lowest BCUT2D eigenvalue weighted by atomic mass is 10.1. The molecule has 0 radical (unpaired) electrons. The van der Waals surface area contributed by atoms with Crippen LogP contribution in [0.3, 0.4) is 0 Å². The molecule has 5 rings (SSSR count). The number of hydrogen-bond donors (Lipinski definition) is 0. The van der Waals surface area contributed by atoms with Crippen LogP contribution >= 0.6 is 46.4 Å². The van der Waals surface area contributed by atoms with Crippen LogP contribution in [0.1, 0.15) is 12.8 Å². The number of anilines is 2. The number of rotatable bonds is 4. The van der Waals surface area contributed by atoms with E-state index in [0.717, 1.165) is 9.80 Å². The van der Waals surface area contributed by atoms with Crippen molar-refractivity contribution in [2.24, 2.45) is 0 Å². The Morgan fingerprint density at radius 3 is 1.14 bits per heavy atom. The van der Waals surface area contributed by atoms with Crippen molar-refractivity contribution in [2.45, 2.75) is 24.9 Å². The Morgan fingerprint density at radius 2 is 0.833 bits per heavy atom. The van der Waals surface area contributed by atoms with E-state index in [-0.39, 0.29) is 36.5 Å². The second-order valence-electron chi connectivity index (χ2n) is 8.90. The van der Waals surface area contributed by atoms with Crippen LogP contribution in [0.25, 0.3) is 0 Å². The molecule has 8 nitrogen and oxygen atoms in total. The van der Waals surface area contributed by atoms with Gasteiger partial charge in [-0.1, -0.05) is 46.4 Å². The van der Waals surface area contributed by atoms with Crippen molar-refractivity contribution in [1.29, 1.82) is 0 Å². The average Bonchev–Trinajstić information content (AvgIpc) is 3.26. The first kappa shape index (κ1) is 25.4. The highest BCUT2D eigenvalue weighted by molar-refractivity contribution is 6.36. The highest BCUT2D eigenvalue weighted by Gasteiger charge is 2.46. The molecule has 3 saturated heterocycles. The summed E-state index contributed by atoms with van der Waals surface area (Å²) in [6, 6.07) is 7.98. The molecule has 188 valence electrons. The number of nitrogens with zero attached hydrogens (tertiary/aromatic N) is 4. The lowest BCUT2D eigenvalue weighted by Gasteiger charge is -2.38. The molecule has 2 atom stereocenters. The molecule has 3 aliphatic heterocycles. The minimum atomic E-state index is -0.608. The van der Waals surface area contributed by atoms with Crippen LogP contribution in [0.15, 0.2) is 36.4 Å². The zero-order valence-corrected chi connectivity index (χ0v) is 21.8. The van der Waals surface area contributed by atoms with Gasteiger partial charge in [0.1, 0.15) is 0 Å². The molecule has 2 aromatic rings. The van der Waals surface area contributed by atoms with E-state index in [9.17, 15) is 19.2 Å². The van der Waals surface area contributed by atoms with Crippen molar-refractivity contribution in [3.8, 4) is 0 Å². The molecule has 0 aromatic heterocycles. The quantitative estimate of drug-likeness (QED) is 0.520. The second kappa shape index (κ2) is 9.93. The number of imide groups is 2. The Labute approximate surface area is 227 Å². The van der Waals surface area contributed by atoms with Gasteiger partial charge in [-0.15, -0.1) is 0 Å². The smallest absolute Gasteiger partial charge is 0.251 e. The van der Waals surface area contributed by atoms with E-state index in [0.29, 0.717) is 57.6 Å². The molecule has 12 heteroatoms. The van der Waals surface area contributed by atoms with Crippen molar-refractivity contribution < 1.29 is 19.2 Å². The molecule has 0 N–H and O–H groups in total. The van der Waals surface area contributed by atoms with E-state index < -0.39 is 12.1 Å². The van der Waals surface area contributed by atoms with E-state index in [1.54, 1.807) is 0 Å². The summed E-state index contributed by atoms with van der Waals surface area (Å²) in [4.78, 5) is 57.9.